The van der Waals surface area contributed by atoms with E-state index in [4.69, 9.17) is 16.3 Å². The molecule has 1 aliphatic heterocycles. The molecule has 1 N–H and O–H groups in total. The number of likely N-dealkylation sites (N-methyl/N-ethyl adjacent to an activating group) is 2. The van der Waals surface area contributed by atoms with Gasteiger partial charge in [0.25, 0.3) is 0 Å². The smallest absolute Gasteiger partial charge is 0.162 e. The second-order valence-corrected chi connectivity index (χ2v) is 6.03. The zero-order valence-corrected chi connectivity index (χ0v) is 13.2. The molecule has 2 rings (SSSR count). The Morgan fingerprint density at radius 3 is 2.90 bits per heavy atom. The molecule has 0 aromatic heterocycles. The molecule has 20 heavy (non-hydrogen) atoms. The second kappa shape index (κ2) is 6.66. The minimum absolute atomic E-state index is 0.188. The van der Waals surface area contributed by atoms with E-state index in [1.807, 2.05) is 6.07 Å². The zero-order valence-electron chi connectivity index (χ0n) is 12.4. The van der Waals surface area contributed by atoms with Crippen LogP contribution in [-0.2, 0) is 6.54 Å². The monoisotopic (exact) mass is 298 g/mol. The van der Waals surface area contributed by atoms with Crippen molar-refractivity contribution >= 4 is 11.6 Å². The lowest BCUT2D eigenvalue weighted by atomic mass is 10.0. The number of aromatic hydroxyl groups is 1. The van der Waals surface area contributed by atoms with Crippen molar-refractivity contribution in [3.8, 4) is 11.5 Å². The molecule has 1 heterocycles. The predicted molar refractivity (Wildman–Crippen MR) is 81.7 cm³/mol. The Labute approximate surface area is 125 Å². The highest BCUT2D eigenvalue weighted by molar-refractivity contribution is 6.30. The molecule has 0 radical (unpaired) electrons. The Balaban J connectivity index is 2.11. The van der Waals surface area contributed by atoms with Crippen LogP contribution in [0.3, 0.4) is 0 Å². The van der Waals surface area contributed by atoms with E-state index in [9.17, 15) is 5.11 Å². The largest absolute Gasteiger partial charge is 0.504 e. The van der Waals surface area contributed by atoms with Crippen LogP contribution in [0.5, 0.6) is 11.5 Å². The van der Waals surface area contributed by atoms with Crippen molar-refractivity contribution < 1.29 is 9.84 Å². The third-order valence-electron chi connectivity index (χ3n) is 3.98. The normalized spacial score (nSPS) is 20.4. The molecule has 4 nitrogen and oxygen atoms in total. The van der Waals surface area contributed by atoms with Crippen LogP contribution in [0.25, 0.3) is 0 Å². The number of hydrogen-bond donors (Lipinski definition) is 1. The lowest BCUT2D eigenvalue weighted by Crippen LogP contribution is -2.44. The van der Waals surface area contributed by atoms with Crippen LogP contribution in [0.4, 0.5) is 0 Å². The van der Waals surface area contributed by atoms with Crippen LogP contribution in [0.1, 0.15) is 18.4 Å². The molecule has 1 atom stereocenters. The summed E-state index contributed by atoms with van der Waals surface area (Å²) in [5.41, 5.74) is 0.810. The number of halogens is 1. The number of likely N-dealkylation sites (tertiary alicyclic amines) is 1. The number of piperidine rings is 1. The summed E-state index contributed by atoms with van der Waals surface area (Å²) in [5, 5.41) is 10.8. The van der Waals surface area contributed by atoms with E-state index in [1.54, 1.807) is 6.07 Å². The second-order valence-electron chi connectivity index (χ2n) is 5.59. The van der Waals surface area contributed by atoms with Crippen LogP contribution in [0.15, 0.2) is 12.1 Å². The Hall–Kier alpha value is -0.970. The fourth-order valence-corrected chi connectivity index (χ4v) is 3.03. The minimum atomic E-state index is 0.188. The molecule has 0 aliphatic carbocycles. The van der Waals surface area contributed by atoms with Gasteiger partial charge in [-0.25, -0.2) is 0 Å². The molecular weight excluding hydrogens is 276 g/mol. The minimum Gasteiger partial charge on any atom is -0.504 e. The maximum Gasteiger partial charge on any atom is 0.162 e. The number of methoxy groups -OCH3 is 1. The summed E-state index contributed by atoms with van der Waals surface area (Å²) in [7, 11) is 5.78. The fraction of sp³-hybridized carbons (Fsp3) is 0.600. The van der Waals surface area contributed by atoms with Crippen molar-refractivity contribution in [1.82, 2.24) is 9.80 Å². The van der Waals surface area contributed by atoms with Gasteiger partial charge in [0, 0.05) is 35.8 Å². The first-order valence-corrected chi connectivity index (χ1v) is 7.33. The third-order valence-corrected chi connectivity index (χ3v) is 4.20. The van der Waals surface area contributed by atoms with Gasteiger partial charge in [-0.15, -0.1) is 0 Å². The van der Waals surface area contributed by atoms with E-state index < -0.39 is 0 Å². The highest BCUT2D eigenvalue weighted by Crippen LogP contribution is 2.34. The van der Waals surface area contributed by atoms with E-state index in [0.717, 1.165) is 12.1 Å². The SMILES string of the molecule is COc1cc(Cl)cc(CN(C)C2CCCN(C)C2)c1O. The number of phenolic OH excluding ortho intramolecular Hbond substituents is 1. The van der Waals surface area contributed by atoms with Gasteiger partial charge in [0.1, 0.15) is 0 Å². The molecule has 1 saturated heterocycles. The van der Waals surface area contributed by atoms with Crippen LogP contribution >= 0.6 is 11.6 Å². The molecular formula is C15H23ClN2O2. The molecule has 1 unspecified atom stereocenters. The number of ether oxygens (including phenoxy) is 1. The van der Waals surface area contributed by atoms with Crippen molar-refractivity contribution in [2.24, 2.45) is 0 Å². The van der Waals surface area contributed by atoms with Gasteiger partial charge >= 0.3 is 0 Å². The molecule has 112 valence electrons. The van der Waals surface area contributed by atoms with Crippen LogP contribution in [0.2, 0.25) is 5.02 Å². The average molecular weight is 299 g/mol. The predicted octanol–water partition coefficient (Wildman–Crippen LogP) is 2.58. The first-order valence-electron chi connectivity index (χ1n) is 6.95. The number of hydrogen-bond acceptors (Lipinski definition) is 4. The maximum absolute atomic E-state index is 10.2. The number of benzene rings is 1. The summed E-state index contributed by atoms with van der Waals surface area (Å²) in [6.45, 7) is 2.90. The highest BCUT2D eigenvalue weighted by Gasteiger charge is 2.22. The van der Waals surface area contributed by atoms with Gasteiger partial charge in [0.05, 0.1) is 7.11 Å². The van der Waals surface area contributed by atoms with Crippen LogP contribution in [-0.4, -0.2) is 55.2 Å². The Morgan fingerprint density at radius 1 is 1.50 bits per heavy atom. The number of nitrogens with zero attached hydrogens (tertiary/aromatic N) is 2. The van der Waals surface area contributed by atoms with E-state index in [-0.39, 0.29) is 5.75 Å². The van der Waals surface area contributed by atoms with Crippen molar-refractivity contribution in [2.75, 3.05) is 34.3 Å². The van der Waals surface area contributed by atoms with Crippen molar-refractivity contribution in [3.05, 3.63) is 22.7 Å². The quantitative estimate of drug-likeness (QED) is 0.927. The average Bonchev–Trinajstić information content (AvgIpc) is 2.42. The van der Waals surface area contributed by atoms with Gasteiger partial charge in [-0.2, -0.15) is 0 Å². The molecule has 1 aromatic carbocycles. The highest BCUT2D eigenvalue weighted by atomic mass is 35.5. The van der Waals surface area contributed by atoms with Crippen molar-refractivity contribution in [2.45, 2.75) is 25.4 Å². The van der Waals surface area contributed by atoms with Gasteiger partial charge in [-0.3, -0.25) is 4.90 Å². The van der Waals surface area contributed by atoms with Gasteiger partial charge in [0.15, 0.2) is 11.5 Å². The van der Waals surface area contributed by atoms with Crippen LogP contribution in [0, 0.1) is 0 Å². The lowest BCUT2D eigenvalue weighted by molar-refractivity contribution is 0.128. The topological polar surface area (TPSA) is 35.9 Å². The van der Waals surface area contributed by atoms with Crippen molar-refractivity contribution in [3.63, 3.8) is 0 Å². The Bertz CT molecular complexity index is 467. The lowest BCUT2D eigenvalue weighted by Gasteiger charge is -2.36. The Kier molecular flexibility index (Phi) is 5.13. The molecule has 5 heteroatoms. The molecule has 0 saturated carbocycles. The van der Waals surface area contributed by atoms with Gasteiger partial charge in [-0.05, 0) is 39.5 Å². The van der Waals surface area contributed by atoms with E-state index in [0.29, 0.717) is 23.4 Å². The number of rotatable bonds is 4. The summed E-state index contributed by atoms with van der Waals surface area (Å²) < 4.78 is 5.15. The first-order chi connectivity index (χ1) is 9.51. The van der Waals surface area contributed by atoms with E-state index in [2.05, 4.69) is 23.9 Å². The third kappa shape index (κ3) is 3.57. The summed E-state index contributed by atoms with van der Waals surface area (Å²) in [5.74, 6) is 0.620. The van der Waals surface area contributed by atoms with Gasteiger partial charge in [0.2, 0.25) is 0 Å². The molecule has 0 spiro atoms. The standard InChI is InChI=1S/C15H23ClN2O2/c1-17-6-4-5-13(10-17)18(2)9-11-7-12(16)8-14(20-3)15(11)19/h7-8,13,19H,4-6,9-10H2,1-3H3. The molecule has 1 aliphatic rings. The van der Waals surface area contributed by atoms with E-state index >= 15 is 0 Å². The maximum atomic E-state index is 10.2. The molecule has 1 aromatic rings. The van der Waals surface area contributed by atoms with E-state index in [1.165, 1.54) is 26.5 Å². The molecule has 0 amide bonds. The molecule has 0 bridgehead atoms. The summed E-state index contributed by atoms with van der Waals surface area (Å²) in [6, 6.07) is 3.95. The fourth-order valence-electron chi connectivity index (χ4n) is 2.80. The van der Waals surface area contributed by atoms with Gasteiger partial charge < -0.3 is 14.7 Å². The Morgan fingerprint density at radius 2 is 2.25 bits per heavy atom. The first kappa shape index (κ1) is 15.4. The molecule has 1 fully saturated rings. The van der Waals surface area contributed by atoms with Gasteiger partial charge in [-0.1, -0.05) is 11.6 Å². The summed E-state index contributed by atoms with van der Waals surface area (Å²) >= 11 is 6.08. The number of phenols is 1. The van der Waals surface area contributed by atoms with Crippen molar-refractivity contribution in [1.29, 1.82) is 0 Å². The summed E-state index contributed by atoms with van der Waals surface area (Å²) in [6.07, 6.45) is 2.41. The summed E-state index contributed by atoms with van der Waals surface area (Å²) in [4.78, 5) is 4.63. The zero-order chi connectivity index (χ0) is 14.7. The van der Waals surface area contributed by atoms with Crippen LogP contribution < -0.4 is 4.74 Å².